The van der Waals surface area contributed by atoms with Gasteiger partial charge in [-0.3, -0.25) is 4.79 Å². The maximum absolute atomic E-state index is 13.4. The van der Waals surface area contributed by atoms with Gasteiger partial charge in [0.2, 0.25) is 0 Å². The van der Waals surface area contributed by atoms with Gasteiger partial charge in [0.25, 0.3) is 5.56 Å². The average molecular weight is 505 g/mol. The first kappa shape index (κ1) is 23.2. The minimum Gasteiger partial charge on any atom is -0.317 e. The lowest BCUT2D eigenvalue weighted by Gasteiger charge is -2.15. The van der Waals surface area contributed by atoms with Crippen LogP contribution in [0.25, 0.3) is 16.6 Å². The largest absolute Gasteiger partial charge is 0.317 e. The molecule has 0 unspecified atom stereocenters. The number of aryl methyl sites for hydroxylation is 3. The van der Waals surface area contributed by atoms with Crippen LogP contribution in [0.2, 0.25) is 0 Å². The number of rotatable bonds is 5. The number of nitrogens with zero attached hydrogens (tertiary/aromatic N) is 4. The number of para-hydroxylation sites is 1. The number of aromatic nitrogens is 3. The van der Waals surface area contributed by atoms with E-state index in [1.807, 2.05) is 18.2 Å². The lowest BCUT2D eigenvalue weighted by molar-refractivity contribution is 0.613. The summed E-state index contributed by atoms with van der Waals surface area (Å²) < 4.78 is 4.58. The first-order valence-electron chi connectivity index (χ1n) is 11.2. The number of hydrogen-bond acceptors (Lipinski definition) is 3. The van der Waals surface area contributed by atoms with Crippen LogP contribution in [0, 0.1) is 27.7 Å². The zero-order chi connectivity index (χ0) is 23.9. The van der Waals surface area contributed by atoms with Crippen LogP contribution >= 0.6 is 15.9 Å². The third-order valence-electron chi connectivity index (χ3n) is 6.33. The normalized spacial score (nSPS) is 12.7. The molecule has 0 aliphatic heterocycles. The monoisotopic (exact) mass is 504 g/mol. The second-order valence-corrected chi connectivity index (χ2v) is 9.62. The first-order chi connectivity index (χ1) is 15.7. The number of fused-ring (bicyclic) bond motifs is 1. The predicted molar refractivity (Wildman–Crippen MR) is 140 cm³/mol. The third kappa shape index (κ3) is 4.20. The van der Waals surface area contributed by atoms with Crippen LogP contribution in [0.3, 0.4) is 0 Å². The van der Waals surface area contributed by atoms with Crippen molar-refractivity contribution in [2.75, 3.05) is 0 Å². The van der Waals surface area contributed by atoms with Gasteiger partial charge in [-0.05, 0) is 69.5 Å². The predicted octanol–water partition coefficient (Wildman–Crippen LogP) is 6.58. The Morgan fingerprint density at radius 1 is 1.09 bits per heavy atom. The topological polar surface area (TPSA) is 52.2 Å². The van der Waals surface area contributed by atoms with Crippen LogP contribution in [0.1, 0.15) is 60.1 Å². The molecule has 0 amide bonds. The molecule has 33 heavy (non-hydrogen) atoms. The molecule has 0 saturated carbocycles. The third-order valence-corrected chi connectivity index (χ3v) is 6.83. The van der Waals surface area contributed by atoms with Crippen LogP contribution in [-0.2, 0) is 0 Å². The highest BCUT2D eigenvalue weighted by atomic mass is 79.9. The smallest absolute Gasteiger partial charge is 0.282 e. The van der Waals surface area contributed by atoms with Crippen LogP contribution in [-0.4, -0.2) is 20.4 Å². The highest BCUT2D eigenvalue weighted by molar-refractivity contribution is 9.10. The fourth-order valence-electron chi connectivity index (χ4n) is 4.32. The van der Waals surface area contributed by atoms with E-state index in [1.54, 1.807) is 6.21 Å². The summed E-state index contributed by atoms with van der Waals surface area (Å²) in [6.07, 6.45) is 2.65. The fraction of sp³-hybridized carbons (Fsp3) is 0.296. The first-order valence-corrected chi connectivity index (χ1v) is 12.0. The van der Waals surface area contributed by atoms with Gasteiger partial charge >= 0.3 is 0 Å². The molecule has 0 spiro atoms. The Morgan fingerprint density at radius 3 is 2.45 bits per heavy atom. The van der Waals surface area contributed by atoms with Crippen molar-refractivity contribution in [3.05, 3.63) is 91.2 Å². The molecule has 0 aliphatic carbocycles. The molecule has 2 aromatic heterocycles. The average Bonchev–Trinajstić information content (AvgIpc) is 3.06. The summed E-state index contributed by atoms with van der Waals surface area (Å²) in [4.78, 5) is 18.2. The van der Waals surface area contributed by atoms with Gasteiger partial charge in [-0.15, -0.1) is 0 Å². The van der Waals surface area contributed by atoms with Crippen molar-refractivity contribution >= 4 is 33.0 Å². The van der Waals surface area contributed by atoms with Crippen LogP contribution in [0.15, 0.2) is 56.8 Å². The van der Waals surface area contributed by atoms with E-state index in [1.165, 1.54) is 21.5 Å². The van der Waals surface area contributed by atoms with E-state index < -0.39 is 0 Å². The highest BCUT2D eigenvalue weighted by Gasteiger charge is 2.17. The number of hydrogen-bond donors (Lipinski definition) is 0. The zero-order valence-electron chi connectivity index (χ0n) is 20.0. The van der Waals surface area contributed by atoms with Crippen molar-refractivity contribution in [2.24, 2.45) is 5.10 Å². The SMILES string of the molecule is CC[C@@H](C)c1nc2ccc(Br)cc2c(=O)n1N=Cc1cc(C)n(-c2c(C)cccc2C)c1C. The lowest BCUT2D eigenvalue weighted by atomic mass is 10.1. The maximum atomic E-state index is 13.4. The molecule has 5 nitrogen and oxygen atoms in total. The minimum atomic E-state index is -0.156. The lowest BCUT2D eigenvalue weighted by Crippen LogP contribution is -2.23. The molecule has 0 N–H and O–H groups in total. The van der Waals surface area contributed by atoms with Crippen molar-refractivity contribution in [3.63, 3.8) is 0 Å². The van der Waals surface area contributed by atoms with Gasteiger partial charge in [0.15, 0.2) is 0 Å². The van der Waals surface area contributed by atoms with E-state index in [9.17, 15) is 4.79 Å². The molecule has 6 heteroatoms. The number of benzene rings is 2. The van der Waals surface area contributed by atoms with Gasteiger partial charge in [-0.25, -0.2) is 4.98 Å². The van der Waals surface area contributed by atoms with Gasteiger partial charge in [-0.1, -0.05) is 48.0 Å². The molecular formula is C27H29BrN4O. The van der Waals surface area contributed by atoms with Crippen LogP contribution in [0.5, 0.6) is 0 Å². The quantitative estimate of drug-likeness (QED) is 0.288. The Hall–Kier alpha value is -2.99. The van der Waals surface area contributed by atoms with Crippen molar-refractivity contribution in [3.8, 4) is 5.69 Å². The molecule has 4 rings (SSSR count). The standard InChI is InChI=1S/C27H29BrN4O/c1-7-16(2)26-30-24-12-11-22(28)14-23(24)27(33)32(26)29-15-21-13-19(5)31(20(21)6)25-17(3)9-8-10-18(25)4/h8-16H,7H2,1-6H3/t16-/m1/s1. The van der Waals surface area contributed by atoms with Gasteiger partial charge in [-0.2, -0.15) is 9.78 Å². The molecule has 0 bridgehead atoms. The van der Waals surface area contributed by atoms with Gasteiger partial charge in [0, 0.05) is 27.3 Å². The van der Waals surface area contributed by atoms with E-state index in [4.69, 9.17) is 4.98 Å². The molecule has 4 aromatic rings. The summed E-state index contributed by atoms with van der Waals surface area (Å²) in [6, 6.07) is 14.0. The summed E-state index contributed by atoms with van der Waals surface area (Å²) in [6.45, 7) is 12.6. The van der Waals surface area contributed by atoms with E-state index in [0.29, 0.717) is 16.7 Å². The second-order valence-electron chi connectivity index (χ2n) is 8.70. The molecule has 0 radical (unpaired) electrons. The Kier molecular flexibility index (Phi) is 6.39. The van der Waals surface area contributed by atoms with Crippen LogP contribution in [0.4, 0.5) is 0 Å². The van der Waals surface area contributed by atoms with Crippen molar-refractivity contribution in [2.45, 2.75) is 53.9 Å². The molecule has 0 fully saturated rings. The summed E-state index contributed by atoms with van der Waals surface area (Å²) in [5.74, 6) is 0.780. The van der Waals surface area contributed by atoms with E-state index in [0.717, 1.165) is 27.8 Å². The second kappa shape index (κ2) is 9.10. The Balaban J connectivity index is 1.87. The molecule has 170 valence electrons. The molecule has 0 saturated heterocycles. The van der Waals surface area contributed by atoms with E-state index in [-0.39, 0.29) is 11.5 Å². The maximum Gasteiger partial charge on any atom is 0.282 e. The molecule has 0 aliphatic rings. The van der Waals surface area contributed by atoms with Crippen molar-refractivity contribution in [1.29, 1.82) is 0 Å². The van der Waals surface area contributed by atoms with Crippen LogP contribution < -0.4 is 5.56 Å². The molecular weight excluding hydrogens is 476 g/mol. The summed E-state index contributed by atoms with van der Waals surface area (Å²) in [7, 11) is 0. The molecule has 2 aromatic carbocycles. The zero-order valence-corrected chi connectivity index (χ0v) is 21.6. The van der Waals surface area contributed by atoms with E-state index in [2.05, 4.69) is 91.4 Å². The van der Waals surface area contributed by atoms with Crippen molar-refractivity contribution in [1.82, 2.24) is 14.2 Å². The summed E-state index contributed by atoms with van der Waals surface area (Å²) >= 11 is 3.46. The van der Waals surface area contributed by atoms with E-state index >= 15 is 0 Å². The Bertz CT molecular complexity index is 1420. The fourth-order valence-corrected chi connectivity index (χ4v) is 4.68. The molecule has 1 atom stereocenters. The Labute approximate surface area is 202 Å². The highest BCUT2D eigenvalue weighted by Crippen LogP contribution is 2.26. The van der Waals surface area contributed by atoms with Gasteiger partial charge in [0.05, 0.1) is 22.8 Å². The van der Waals surface area contributed by atoms with Gasteiger partial charge in [0.1, 0.15) is 5.82 Å². The number of halogens is 1. The van der Waals surface area contributed by atoms with Crippen molar-refractivity contribution < 1.29 is 0 Å². The van der Waals surface area contributed by atoms with Gasteiger partial charge < -0.3 is 4.57 Å². The molecule has 2 heterocycles. The summed E-state index contributed by atoms with van der Waals surface area (Å²) in [5.41, 5.74) is 7.37. The summed E-state index contributed by atoms with van der Waals surface area (Å²) in [5, 5.41) is 5.22. The Morgan fingerprint density at radius 2 is 1.79 bits per heavy atom. The minimum absolute atomic E-state index is 0.102.